The highest BCUT2D eigenvalue weighted by molar-refractivity contribution is 6.07. The van der Waals surface area contributed by atoms with Crippen molar-refractivity contribution < 1.29 is 19.4 Å². The highest BCUT2D eigenvalue weighted by Gasteiger charge is 2.33. The summed E-state index contributed by atoms with van der Waals surface area (Å²) < 4.78 is 6.50. The second-order valence-corrected chi connectivity index (χ2v) is 11.0. The van der Waals surface area contributed by atoms with Gasteiger partial charge in [-0.3, -0.25) is 14.7 Å². The normalized spacial score (nSPS) is 17.6. The molecule has 0 fully saturated rings. The summed E-state index contributed by atoms with van der Waals surface area (Å²) in [6, 6.07) is 21.8. The van der Waals surface area contributed by atoms with Crippen molar-refractivity contribution in [3.8, 4) is 5.75 Å². The Morgan fingerprint density at radius 3 is 2.64 bits per heavy atom. The van der Waals surface area contributed by atoms with Crippen LogP contribution in [-0.2, 0) is 6.54 Å². The maximum absolute atomic E-state index is 13.8. The smallest absolute Gasteiger partial charge is 0.323 e. The quantitative estimate of drug-likeness (QED) is 0.269. The number of nitrogens with one attached hydrogen (secondary N) is 2. The lowest BCUT2D eigenvalue weighted by Crippen LogP contribution is -2.49. The molecule has 218 valence electrons. The van der Waals surface area contributed by atoms with Crippen molar-refractivity contribution in [2.75, 3.05) is 37.4 Å². The zero-order valence-corrected chi connectivity index (χ0v) is 24.2. The molecule has 1 aromatic heterocycles. The molecule has 3 atom stereocenters. The van der Waals surface area contributed by atoms with Crippen LogP contribution in [-0.4, -0.2) is 70.7 Å². The van der Waals surface area contributed by atoms with E-state index < -0.39 is 6.03 Å². The molecule has 0 bridgehead atoms. The first-order valence-corrected chi connectivity index (χ1v) is 14.2. The number of pyridine rings is 1. The van der Waals surface area contributed by atoms with Crippen LogP contribution in [0.15, 0.2) is 85.2 Å². The Bertz CT molecular complexity index is 1540. The zero-order valence-electron chi connectivity index (χ0n) is 24.2. The van der Waals surface area contributed by atoms with Gasteiger partial charge in [0.1, 0.15) is 11.9 Å². The number of carbonyl (C=O) groups is 2. The number of amides is 3. The van der Waals surface area contributed by atoms with E-state index in [-0.39, 0.29) is 30.6 Å². The third-order valence-corrected chi connectivity index (χ3v) is 7.65. The molecule has 42 heavy (non-hydrogen) atoms. The molecule has 4 aromatic rings. The molecule has 3 amide bonds. The number of rotatable bonds is 8. The molecule has 9 heteroatoms. The van der Waals surface area contributed by atoms with Crippen LogP contribution in [0.5, 0.6) is 5.75 Å². The summed E-state index contributed by atoms with van der Waals surface area (Å²) in [4.78, 5) is 34.7. The van der Waals surface area contributed by atoms with Crippen molar-refractivity contribution in [1.82, 2.24) is 14.8 Å². The molecule has 1 aliphatic rings. The number of likely N-dealkylation sites (N-methyl/N-ethyl adjacent to an activating group) is 1. The van der Waals surface area contributed by atoms with Crippen molar-refractivity contribution in [1.29, 1.82) is 0 Å². The van der Waals surface area contributed by atoms with Gasteiger partial charge in [-0.05, 0) is 61.3 Å². The number of ether oxygens (including phenoxy) is 1. The van der Waals surface area contributed by atoms with Gasteiger partial charge in [0.25, 0.3) is 5.91 Å². The topological polar surface area (TPSA) is 107 Å². The van der Waals surface area contributed by atoms with Gasteiger partial charge in [0.2, 0.25) is 0 Å². The van der Waals surface area contributed by atoms with Crippen LogP contribution in [0, 0.1) is 5.92 Å². The van der Waals surface area contributed by atoms with Crippen LogP contribution in [0.4, 0.5) is 16.2 Å². The fourth-order valence-corrected chi connectivity index (χ4v) is 5.31. The standard InChI is InChI=1S/C33H37N5O4/c1-22-18-38(23(2)21-39)32(40)28-17-26(35-33(41)36-29-10-6-8-25-7-4-5-9-27(25)29)11-12-30(28)42-31(22)20-37(3)19-24-13-15-34-16-14-24/h4-17,22-23,31,39H,18-21H2,1-3H3,(H2,35,36,41)/t22-,23-,31-/m0/s1. The fraction of sp³-hybridized carbons (Fsp3) is 0.303. The number of carbonyl (C=O) groups excluding carboxylic acids is 2. The third-order valence-electron chi connectivity index (χ3n) is 7.65. The number of nitrogens with zero attached hydrogens (tertiary/aromatic N) is 3. The molecule has 0 saturated carbocycles. The highest BCUT2D eigenvalue weighted by Crippen LogP contribution is 2.31. The van der Waals surface area contributed by atoms with E-state index in [1.165, 1.54) is 0 Å². The van der Waals surface area contributed by atoms with Gasteiger partial charge >= 0.3 is 6.03 Å². The number of aliphatic hydroxyl groups excluding tert-OH is 1. The third kappa shape index (κ3) is 6.70. The summed E-state index contributed by atoms with van der Waals surface area (Å²) in [5.74, 6) is 0.198. The van der Waals surface area contributed by atoms with E-state index in [1.807, 2.05) is 68.6 Å². The summed E-state index contributed by atoms with van der Waals surface area (Å²) in [6.45, 7) is 5.52. The van der Waals surface area contributed by atoms with E-state index >= 15 is 0 Å². The molecular formula is C33H37N5O4. The Morgan fingerprint density at radius 1 is 1.10 bits per heavy atom. The fourth-order valence-electron chi connectivity index (χ4n) is 5.31. The zero-order chi connectivity index (χ0) is 29.6. The number of hydrogen-bond acceptors (Lipinski definition) is 6. The lowest BCUT2D eigenvalue weighted by atomic mass is 9.99. The number of benzene rings is 3. The van der Waals surface area contributed by atoms with Crippen LogP contribution < -0.4 is 15.4 Å². The minimum absolute atomic E-state index is 0.000245. The lowest BCUT2D eigenvalue weighted by molar-refractivity contribution is 0.0341. The molecule has 0 saturated heterocycles. The number of aromatic nitrogens is 1. The molecule has 0 radical (unpaired) electrons. The average Bonchev–Trinajstić information content (AvgIpc) is 2.99. The van der Waals surface area contributed by atoms with Gasteiger partial charge < -0.3 is 25.4 Å². The molecule has 1 aliphatic heterocycles. The average molecular weight is 568 g/mol. The van der Waals surface area contributed by atoms with Crippen LogP contribution >= 0.6 is 0 Å². The first-order chi connectivity index (χ1) is 20.3. The van der Waals surface area contributed by atoms with Gasteiger partial charge in [0.05, 0.1) is 23.9 Å². The number of aliphatic hydroxyl groups is 1. The van der Waals surface area contributed by atoms with Crippen molar-refractivity contribution in [3.05, 3.63) is 96.3 Å². The van der Waals surface area contributed by atoms with Gasteiger partial charge in [0, 0.05) is 49.0 Å². The van der Waals surface area contributed by atoms with Crippen LogP contribution in [0.1, 0.15) is 29.8 Å². The summed E-state index contributed by atoms with van der Waals surface area (Å²) in [5, 5.41) is 17.7. The summed E-state index contributed by atoms with van der Waals surface area (Å²) in [7, 11) is 2.04. The van der Waals surface area contributed by atoms with Gasteiger partial charge in [-0.1, -0.05) is 43.3 Å². The molecule has 9 nitrogen and oxygen atoms in total. The predicted octanol–water partition coefficient (Wildman–Crippen LogP) is 5.23. The Kier molecular flexibility index (Phi) is 9.00. The molecule has 0 aliphatic carbocycles. The van der Waals surface area contributed by atoms with Crippen molar-refractivity contribution in [3.63, 3.8) is 0 Å². The monoisotopic (exact) mass is 567 g/mol. The SMILES string of the molecule is C[C@H]1CN([C@@H](C)CO)C(=O)c2cc(NC(=O)Nc3cccc4ccccc34)ccc2O[C@H]1CN(C)Cc1ccncc1. The first-order valence-electron chi connectivity index (χ1n) is 14.2. The van der Waals surface area contributed by atoms with Gasteiger partial charge in [-0.15, -0.1) is 0 Å². The number of hydrogen-bond donors (Lipinski definition) is 3. The predicted molar refractivity (Wildman–Crippen MR) is 165 cm³/mol. The minimum atomic E-state index is -0.421. The summed E-state index contributed by atoms with van der Waals surface area (Å²) >= 11 is 0. The highest BCUT2D eigenvalue weighted by atomic mass is 16.5. The molecule has 3 aromatic carbocycles. The molecule has 0 unspecified atom stereocenters. The molecule has 2 heterocycles. The van der Waals surface area contributed by atoms with Crippen LogP contribution in [0.25, 0.3) is 10.8 Å². The summed E-state index contributed by atoms with van der Waals surface area (Å²) in [6.07, 6.45) is 3.34. The van der Waals surface area contributed by atoms with E-state index in [1.54, 1.807) is 35.5 Å². The Hall–Kier alpha value is -4.47. The number of anilines is 2. The van der Waals surface area contributed by atoms with Gasteiger partial charge in [-0.2, -0.15) is 0 Å². The second-order valence-electron chi connectivity index (χ2n) is 11.0. The summed E-state index contributed by atoms with van der Waals surface area (Å²) in [5.41, 5.74) is 2.63. The maximum atomic E-state index is 13.8. The maximum Gasteiger partial charge on any atom is 0.323 e. The van der Waals surface area contributed by atoms with E-state index in [0.717, 1.165) is 22.9 Å². The van der Waals surface area contributed by atoms with E-state index in [2.05, 4.69) is 27.4 Å². The van der Waals surface area contributed by atoms with Gasteiger partial charge in [-0.25, -0.2) is 4.79 Å². The number of urea groups is 1. The molecule has 0 spiro atoms. The Labute approximate surface area is 246 Å². The number of fused-ring (bicyclic) bond motifs is 2. The Morgan fingerprint density at radius 2 is 1.86 bits per heavy atom. The van der Waals surface area contributed by atoms with E-state index in [0.29, 0.717) is 35.8 Å². The van der Waals surface area contributed by atoms with Crippen molar-refractivity contribution in [2.45, 2.75) is 32.5 Å². The van der Waals surface area contributed by atoms with E-state index in [4.69, 9.17) is 4.74 Å². The minimum Gasteiger partial charge on any atom is -0.488 e. The first kappa shape index (κ1) is 29.0. The van der Waals surface area contributed by atoms with Crippen LogP contribution in [0.2, 0.25) is 0 Å². The van der Waals surface area contributed by atoms with Crippen LogP contribution in [0.3, 0.4) is 0 Å². The van der Waals surface area contributed by atoms with E-state index in [9.17, 15) is 14.7 Å². The Balaban J connectivity index is 1.37. The largest absolute Gasteiger partial charge is 0.488 e. The van der Waals surface area contributed by atoms with Gasteiger partial charge in [0.15, 0.2) is 0 Å². The molecule has 3 N–H and O–H groups in total. The van der Waals surface area contributed by atoms with Crippen molar-refractivity contribution in [2.24, 2.45) is 5.92 Å². The molecule has 5 rings (SSSR count). The molecular weight excluding hydrogens is 530 g/mol. The lowest BCUT2D eigenvalue weighted by Gasteiger charge is -2.38. The van der Waals surface area contributed by atoms with Crippen molar-refractivity contribution >= 4 is 34.1 Å². The second kappa shape index (κ2) is 13.0.